The highest BCUT2D eigenvalue weighted by molar-refractivity contribution is 7.19. The molecule has 262 valence electrons. The van der Waals surface area contributed by atoms with E-state index in [1.54, 1.807) is 25.3 Å². The number of carbonyl (C=O) groups is 4. The molecule has 11 nitrogen and oxygen atoms in total. The van der Waals surface area contributed by atoms with Crippen molar-refractivity contribution in [3.8, 4) is 0 Å². The van der Waals surface area contributed by atoms with E-state index in [2.05, 4.69) is 57.1 Å². The highest BCUT2D eigenvalue weighted by Crippen LogP contribution is 2.61. The first-order valence-electron chi connectivity index (χ1n) is 16.1. The van der Waals surface area contributed by atoms with Crippen molar-refractivity contribution in [2.45, 2.75) is 93.3 Å². The molecule has 2 heterocycles. The van der Waals surface area contributed by atoms with E-state index in [1.165, 1.54) is 0 Å². The maximum absolute atomic E-state index is 12.0. The normalized spacial score (nSPS) is 19.6. The highest BCUT2D eigenvalue weighted by Gasteiger charge is 2.62. The van der Waals surface area contributed by atoms with E-state index in [4.69, 9.17) is 17.2 Å². The Bertz CT molecular complexity index is 1310. The topological polar surface area (TPSA) is 187 Å². The summed E-state index contributed by atoms with van der Waals surface area (Å²) in [5.74, 6) is 1.68. The average Bonchev–Trinajstić information content (AvgIpc) is 3.29. The summed E-state index contributed by atoms with van der Waals surface area (Å²) < 4.78 is 0. The molecule has 7 N–H and O–H groups in total. The van der Waals surface area contributed by atoms with Crippen LogP contribution >= 0.6 is 9.24 Å². The van der Waals surface area contributed by atoms with Crippen LogP contribution in [0.5, 0.6) is 0 Å². The number of aromatic nitrogens is 2. The van der Waals surface area contributed by atoms with Crippen molar-refractivity contribution in [3.05, 3.63) is 59.1 Å². The van der Waals surface area contributed by atoms with Crippen molar-refractivity contribution < 1.29 is 19.2 Å². The quantitative estimate of drug-likeness (QED) is 0.182. The third-order valence-electron chi connectivity index (χ3n) is 7.38. The number of piperidine rings is 1. The lowest BCUT2D eigenvalue weighted by Crippen LogP contribution is -2.41. The predicted octanol–water partition coefficient (Wildman–Crippen LogP) is 4.42. The van der Waals surface area contributed by atoms with Gasteiger partial charge in [0.2, 0.25) is 24.1 Å². The molecule has 1 aromatic heterocycles. The zero-order valence-electron chi connectivity index (χ0n) is 30.0. The standard InChI is InChI=1S/C14H17N3O3.C12H22NOP.C5H7N3.2C2H6/c1-9-3-2-4-10(5-9)6-11(13(15)19)7-12(14(16)20)17-8-18;1-11(2,3)5-10(14)13-6-8-9(7-13)12(8,4)15;1-4-7-3-2-5(6)8-4;2*1-2/h2-6,8,12H,7H2,1H3,(H2,15,19)(H2,16,20)(H,17,18);8-9H,5-7,15H2,1-4H3;2-3H,1H3,(H2,6,7,8);2*1-2H3/b11-6-;;;;. The van der Waals surface area contributed by atoms with Gasteiger partial charge in [0.25, 0.3) is 0 Å². The summed E-state index contributed by atoms with van der Waals surface area (Å²) in [4.78, 5) is 54.7. The molecule has 0 bridgehead atoms. The fourth-order valence-electron chi connectivity index (χ4n) is 4.90. The van der Waals surface area contributed by atoms with Crippen LogP contribution in [0.2, 0.25) is 0 Å². The number of amides is 4. The number of fused-ring (bicyclic) bond motifs is 1. The maximum Gasteiger partial charge on any atom is 0.244 e. The first-order chi connectivity index (χ1) is 21.9. The number of primary amides is 2. The van der Waals surface area contributed by atoms with Crippen LogP contribution in [-0.4, -0.2) is 63.3 Å². The first kappa shape index (κ1) is 43.1. The second-order valence-electron chi connectivity index (χ2n) is 12.5. The van der Waals surface area contributed by atoms with Gasteiger partial charge in [0.1, 0.15) is 17.7 Å². The maximum atomic E-state index is 12.0. The minimum Gasteiger partial charge on any atom is -0.384 e. The number of aryl methyl sites for hydroxylation is 2. The SMILES string of the molecule is CC.CC.CC(C)(C)CC(=O)N1CC2C(C1)C2(C)P.Cc1cccc(/C=C(/CC(NC=O)C(N)=O)C(N)=O)c1.Cc1nccc(N)n1. The molecule has 47 heavy (non-hydrogen) atoms. The number of hydrogen-bond donors (Lipinski definition) is 4. The molecule has 1 aliphatic carbocycles. The van der Waals surface area contributed by atoms with Crippen molar-refractivity contribution in [2.24, 2.45) is 28.7 Å². The van der Waals surface area contributed by atoms with E-state index in [-0.39, 0.29) is 17.4 Å². The van der Waals surface area contributed by atoms with Crippen LogP contribution in [0.3, 0.4) is 0 Å². The summed E-state index contributed by atoms with van der Waals surface area (Å²) in [6.07, 6.45) is 4.22. The Morgan fingerprint density at radius 1 is 1.09 bits per heavy atom. The summed E-state index contributed by atoms with van der Waals surface area (Å²) >= 11 is 0. The minimum atomic E-state index is -0.962. The molecule has 0 radical (unpaired) electrons. The Morgan fingerprint density at radius 3 is 2.06 bits per heavy atom. The highest BCUT2D eigenvalue weighted by atomic mass is 31.0. The molecule has 4 unspecified atom stereocenters. The van der Waals surface area contributed by atoms with E-state index in [0.717, 1.165) is 36.1 Å². The average molecular weight is 672 g/mol. The number of rotatable bonds is 8. The molecule has 2 aromatic rings. The van der Waals surface area contributed by atoms with Crippen molar-refractivity contribution in [1.82, 2.24) is 20.2 Å². The number of anilines is 1. The van der Waals surface area contributed by atoms with Gasteiger partial charge >= 0.3 is 0 Å². The van der Waals surface area contributed by atoms with Gasteiger partial charge in [-0.05, 0) is 54.0 Å². The van der Waals surface area contributed by atoms with Crippen LogP contribution < -0.4 is 22.5 Å². The third kappa shape index (κ3) is 15.5. The second-order valence-corrected chi connectivity index (χ2v) is 13.8. The minimum absolute atomic E-state index is 0.0443. The molecule has 2 aliphatic rings. The number of nitrogen functional groups attached to an aromatic ring is 1. The largest absolute Gasteiger partial charge is 0.384 e. The Hall–Kier alpha value is -3.85. The molecule has 4 rings (SSSR count). The Balaban J connectivity index is 0.000000686. The second kappa shape index (κ2) is 20.4. The molecule has 1 saturated carbocycles. The lowest BCUT2D eigenvalue weighted by molar-refractivity contribution is -0.132. The van der Waals surface area contributed by atoms with Crippen molar-refractivity contribution in [3.63, 3.8) is 0 Å². The number of nitrogens with one attached hydrogen (secondary N) is 1. The van der Waals surface area contributed by atoms with Crippen LogP contribution in [-0.2, 0) is 19.2 Å². The van der Waals surface area contributed by atoms with E-state index < -0.39 is 17.9 Å². The van der Waals surface area contributed by atoms with Gasteiger partial charge in [-0.25, -0.2) is 9.97 Å². The van der Waals surface area contributed by atoms with Crippen molar-refractivity contribution in [2.75, 3.05) is 18.8 Å². The summed E-state index contributed by atoms with van der Waals surface area (Å²) in [5.41, 5.74) is 17.9. The number of likely N-dealkylation sites (tertiary alicyclic amines) is 1. The van der Waals surface area contributed by atoms with Gasteiger partial charge in [-0.3, -0.25) is 19.2 Å². The number of carbonyl (C=O) groups excluding carboxylic acids is 4. The van der Waals surface area contributed by atoms with E-state index >= 15 is 0 Å². The summed E-state index contributed by atoms with van der Waals surface area (Å²) in [7, 11) is 2.95. The smallest absolute Gasteiger partial charge is 0.244 e. The molecule has 4 atom stereocenters. The molecular weight excluding hydrogens is 613 g/mol. The monoisotopic (exact) mass is 671 g/mol. The fraction of sp³-hybridized carbons (Fsp3) is 0.543. The fourth-order valence-corrected chi connectivity index (χ4v) is 5.48. The predicted molar refractivity (Wildman–Crippen MR) is 195 cm³/mol. The van der Waals surface area contributed by atoms with Gasteiger partial charge in [-0.15, -0.1) is 9.24 Å². The third-order valence-corrected chi connectivity index (χ3v) is 8.23. The van der Waals surface area contributed by atoms with E-state index in [0.29, 0.717) is 35.5 Å². The molecule has 2 fully saturated rings. The zero-order valence-corrected chi connectivity index (χ0v) is 31.1. The lowest BCUT2D eigenvalue weighted by atomic mass is 9.91. The van der Waals surface area contributed by atoms with Crippen molar-refractivity contribution in [1.29, 1.82) is 0 Å². The molecule has 1 saturated heterocycles. The van der Waals surface area contributed by atoms with Crippen LogP contribution in [0.4, 0.5) is 5.82 Å². The van der Waals surface area contributed by atoms with Gasteiger partial charge in [0, 0.05) is 37.7 Å². The Kier molecular flexibility index (Phi) is 18.7. The summed E-state index contributed by atoms with van der Waals surface area (Å²) in [6.45, 7) is 22.4. The lowest BCUT2D eigenvalue weighted by Gasteiger charge is -2.26. The number of nitrogens with zero attached hydrogens (tertiary/aromatic N) is 3. The Labute approximate surface area is 284 Å². The van der Waals surface area contributed by atoms with Gasteiger partial charge in [0.05, 0.1) is 0 Å². The Morgan fingerprint density at radius 2 is 1.66 bits per heavy atom. The van der Waals surface area contributed by atoms with Crippen LogP contribution in [0.1, 0.15) is 85.2 Å². The summed E-state index contributed by atoms with van der Waals surface area (Å²) in [5, 5.41) is 2.69. The van der Waals surface area contributed by atoms with Gasteiger partial charge in [0.15, 0.2) is 0 Å². The van der Waals surface area contributed by atoms with Gasteiger partial charge < -0.3 is 27.4 Å². The zero-order chi connectivity index (χ0) is 36.5. The number of hydrogen-bond acceptors (Lipinski definition) is 7. The summed E-state index contributed by atoms with van der Waals surface area (Å²) in [6, 6.07) is 8.14. The van der Waals surface area contributed by atoms with Gasteiger partial charge in [-0.1, -0.05) is 85.2 Å². The van der Waals surface area contributed by atoms with Crippen LogP contribution in [0.25, 0.3) is 6.08 Å². The molecule has 0 spiro atoms. The number of benzene rings is 1. The van der Waals surface area contributed by atoms with Crippen LogP contribution in [0.15, 0.2) is 42.1 Å². The first-order valence-corrected chi connectivity index (χ1v) is 16.7. The number of nitrogens with two attached hydrogens (primary N) is 3. The van der Waals surface area contributed by atoms with Gasteiger partial charge in [-0.2, -0.15) is 0 Å². The molecular formula is C35H58N7O4P. The molecule has 1 aliphatic heterocycles. The van der Waals surface area contributed by atoms with Crippen molar-refractivity contribution >= 4 is 45.3 Å². The van der Waals surface area contributed by atoms with E-state index in [1.807, 2.05) is 58.9 Å². The van der Waals surface area contributed by atoms with Crippen LogP contribution in [0, 0.1) is 31.1 Å². The van der Waals surface area contributed by atoms with E-state index in [9.17, 15) is 19.2 Å². The molecule has 4 amide bonds. The molecule has 12 heteroatoms. The molecule has 1 aromatic carbocycles.